The summed E-state index contributed by atoms with van der Waals surface area (Å²) in [4.78, 5) is 50.3. The second kappa shape index (κ2) is 6.54. The molecule has 0 amide bonds. The van der Waals surface area contributed by atoms with Gasteiger partial charge >= 0.3 is 17.9 Å². The van der Waals surface area contributed by atoms with E-state index in [2.05, 4.69) is 4.98 Å². The molecule has 7 aromatic rings. The lowest BCUT2D eigenvalue weighted by molar-refractivity contribution is 0.0634. The number of nitrogens with zero attached hydrogens (tertiary/aromatic N) is 6. The van der Waals surface area contributed by atoms with E-state index in [0.717, 1.165) is 11.6 Å². The van der Waals surface area contributed by atoms with Gasteiger partial charge < -0.3 is 15.3 Å². The van der Waals surface area contributed by atoms with Gasteiger partial charge in [-0.05, 0) is 30.3 Å². The number of rotatable bonds is 3. The zero-order valence-corrected chi connectivity index (χ0v) is 17.9. The highest BCUT2D eigenvalue weighted by Gasteiger charge is 2.31. The zero-order valence-electron chi connectivity index (χ0n) is 17.9. The van der Waals surface area contributed by atoms with Crippen molar-refractivity contribution < 1.29 is 29.7 Å². The molecule has 0 fully saturated rings. The second-order valence-corrected chi connectivity index (χ2v) is 8.18. The maximum atomic E-state index is 12.3. The van der Waals surface area contributed by atoms with Crippen molar-refractivity contribution in [3.05, 3.63) is 71.3 Å². The second-order valence-electron chi connectivity index (χ2n) is 8.18. The minimum absolute atomic E-state index is 0.0878. The molecule has 0 aliphatic rings. The molecule has 4 heterocycles. The first-order valence-corrected chi connectivity index (χ1v) is 10.6. The topological polar surface area (TPSA) is 164 Å². The summed E-state index contributed by atoms with van der Waals surface area (Å²) < 4.78 is 5.01. The fraction of sp³-hybridized carbons (Fsp3) is 0. The number of para-hydroxylation sites is 4. The van der Waals surface area contributed by atoms with Gasteiger partial charge in [-0.15, -0.1) is 0 Å². The van der Waals surface area contributed by atoms with Crippen LogP contribution in [-0.2, 0) is 0 Å². The molecule has 36 heavy (non-hydrogen) atoms. The Hall–Kier alpha value is -5.52. The number of fused-ring (bicyclic) bond motifs is 12. The molecular formula is C24H12N6O6. The predicted octanol–water partition coefficient (Wildman–Crippen LogP) is 3.18. The van der Waals surface area contributed by atoms with Crippen LogP contribution in [0, 0.1) is 0 Å². The summed E-state index contributed by atoms with van der Waals surface area (Å²) in [7, 11) is 0. The SMILES string of the molecule is O=C(O)c1cc2c(nc3n4c5ccccc5nc4n4c5ccccc5nc4n23)c(C(=O)O)c1C(=O)O. The molecule has 0 radical (unpaired) electrons. The van der Waals surface area contributed by atoms with Gasteiger partial charge in [0.25, 0.3) is 0 Å². The van der Waals surface area contributed by atoms with Crippen LogP contribution in [0.15, 0.2) is 54.6 Å². The number of imidazole rings is 3. The third-order valence-electron chi connectivity index (χ3n) is 6.28. The molecule has 0 spiro atoms. The Kier molecular flexibility index (Phi) is 3.61. The Bertz CT molecular complexity index is 2150. The van der Waals surface area contributed by atoms with Crippen molar-refractivity contribution in [3.63, 3.8) is 0 Å². The molecule has 174 valence electrons. The molecule has 3 N–H and O–H groups in total. The zero-order chi connectivity index (χ0) is 24.9. The van der Waals surface area contributed by atoms with Gasteiger partial charge in [0.1, 0.15) is 11.1 Å². The summed E-state index contributed by atoms with van der Waals surface area (Å²) in [6, 6.07) is 15.7. The molecule has 7 rings (SSSR count). The number of carboxylic acid groups (broad SMARTS) is 3. The minimum atomic E-state index is -1.68. The Labute approximate surface area is 197 Å². The largest absolute Gasteiger partial charge is 0.478 e. The number of hydrogen-bond acceptors (Lipinski definition) is 6. The summed E-state index contributed by atoms with van der Waals surface area (Å²) in [6.45, 7) is 0. The predicted molar refractivity (Wildman–Crippen MR) is 126 cm³/mol. The van der Waals surface area contributed by atoms with Gasteiger partial charge in [-0.1, -0.05) is 24.3 Å². The van der Waals surface area contributed by atoms with Gasteiger partial charge in [-0.2, -0.15) is 0 Å². The first-order valence-electron chi connectivity index (χ1n) is 10.6. The fourth-order valence-corrected chi connectivity index (χ4v) is 4.87. The maximum absolute atomic E-state index is 12.3. The molecule has 0 saturated carbocycles. The van der Waals surface area contributed by atoms with Crippen LogP contribution in [-0.4, -0.2) is 61.4 Å². The molecule has 12 heteroatoms. The lowest BCUT2D eigenvalue weighted by atomic mass is 9.99. The fourth-order valence-electron chi connectivity index (χ4n) is 4.87. The van der Waals surface area contributed by atoms with E-state index in [9.17, 15) is 29.7 Å². The molecule has 4 aromatic heterocycles. The lowest BCUT2D eigenvalue weighted by Gasteiger charge is -2.08. The average Bonchev–Trinajstić information content (AvgIpc) is 3.52. The van der Waals surface area contributed by atoms with Crippen LogP contribution in [0.5, 0.6) is 0 Å². The molecule has 0 bridgehead atoms. The van der Waals surface area contributed by atoms with E-state index >= 15 is 0 Å². The van der Waals surface area contributed by atoms with Crippen LogP contribution in [0.1, 0.15) is 31.1 Å². The van der Waals surface area contributed by atoms with Crippen LogP contribution in [0.3, 0.4) is 0 Å². The van der Waals surface area contributed by atoms with Gasteiger partial charge in [0.2, 0.25) is 17.3 Å². The van der Waals surface area contributed by atoms with Crippen LogP contribution >= 0.6 is 0 Å². The third-order valence-corrected chi connectivity index (χ3v) is 6.28. The number of carbonyl (C=O) groups is 3. The highest BCUT2D eigenvalue weighted by molar-refractivity contribution is 6.16. The highest BCUT2D eigenvalue weighted by Crippen LogP contribution is 2.32. The molecule has 12 nitrogen and oxygen atoms in total. The van der Waals surface area contributed by atoms with Crippen molar-refractivity contribution in [1.29, 1.82) is 0 Å². The van der Waals surface area contributed by atoms with Crippen molar-refractivity contribution in [2.24, 2.45) is 0 Å². The van der Waals surface area contributed by atoms with Gasteiger partial charge in [-0.25, -0.2) is 42.5 Å². The van der Waals surface area contributed by atoms with Crippen molar-refractivity contribution in [3.8, 4) is 0 Å². The van der Waals surface area contributed by atoms with E-state index < -0.39 is 34.6 Å². The van der Waals surface area contributed by atoms with Gasteiger partial charge in [0.05, 0.1) is 38.7 Å². The minimum Gasteiger partial charge on any atom is -0.478 e. The van der Waals surface area contributed by atoms with E-state index in [1.165, 1.54) is 4.40 Å². The van der Waals surface area contributed by atoms with Crippen LogP contribution in [0.25, 0.3) is 50.4 Å². The summed E-state index contributed by atoms with van der Waals surface area (Å²) in [6.07, 6.45) is 0. The molecule has 0 atom stereocenters. The number of hydrogen-bond donors (Lipinski definition) is 3. The highest BCUT2D eigenvalue weighted by atomic mass is 16.4. The quantitative estimate of drug-likeness (QED) is 0.344. The van der Waals surface area contributed by atoms with Crippen molar-refractivity contribution in [2.45, 2.75) is 0 Å². The molecule has 0 aliphatic heterocycles. The normalized spacial score (nSPS) is 12.0. The Morgan fingerprint density at radius 3 is 1.56 bits per heavy atom. The number of benzene rings is 3. The summed E-state index contributed by atoms with van der Waals surface area (Å²) in [5.41, 5.74) is 0.340. The lowest BCUT2D eigenvalue weighted by Crippen LogP contribution is -2.15. The standard InChI is InChI=1S/C24H12N6O6/c31-19(32)10-9-15-18(17(21(35)36)16(10)20(33)34)27-24-29-14-8-4-2-6-12(14)25-22(29)28-13-7-3-1-5-11(13)26-23(28)30(15)24/h1-9H,(H,31,32)(H,33,34)(H,35,36). The van der Waals surface area contributed by atoms with E-state index in [-0.39, 0.29) is 16.8 Å². The molecular weight excluding hydrogens is 468 g/mol. The Morgan fingerprint density at radius 1 is 0.583 bits per heavy atom. The monoisotopic (exact) mass is 480 g/mol. The van der Waals surface area contributed by atoms with Gasteiger partial charge in [-0.3, -0.25) is 0 Å². The Balaban J connectivity index is 1.87. The van der Waals surface area contributed by atoms with E-state index in [1.54, 1.807) is 14.9 Å². The first kappa shape index (κ1) is 19.9. The molecule has 3 aromatic carbocycles. The van der Waals surface area contributed by atoms with Crippen LogP contribution in [0.4, 0.5) is 0 Å². The van der Waals surface area contributed by atoms with Crippen LogP contribution < -0.4 is 0 Å². The number of aromatic nitrogens is 6. The maximum Gasteiger partial charge on any atom is 0.338 e. The van der Waals surface area contributed by atoms with Crippen LogP contribution in [0.2, 0.25) is 0 Å². The smallest absolute Gasteiger partial charge is 0.338 e. The summed E-state index contributed by atoms with van der Waals surface area (Å²) in [5.74, 6) is -3.90. The van der Waals surface area contributed by atoms with Crippen molar-refractivity contribution in [1.82, 2.24) is 28.2 Å². The van der Waals surface area contributed by atoms with Crippen molar-refractivity contribution >= 4 is 68.3 Å². The van der Waals surface area contributed by atoms with Crippen molar-refractivity contribution in [2.75, 3.05) is 0 Å². The van der Waals surface area contributed by atoms with E-state index in [1.807, 2.05) is 42.5 Å². The van der Waals surface area contributed by atoms with Gasteiger partial charge in [0.15, 0.2) is 0 Å². The first-order chi connectivity index (χ1) is 17.4. The third kappa shape index (κ3) is 2.31. The average molecular weight is 480 g/mol. The Morgan fingerprint density at radius 2 is 1.06 bits per heavy atom. The number of aromatic carboxylic acids is 3. The number of carboxylic acids is 3. The molecule has 0 unspecified atom stereocenters. The van der Waals surface area contributed by atoms with E-state index in [0.29, 0.717) is 28.1 Å². The summed E-state index contributed by atoms with van der Waals surface area (Å²) >= 11 is 0. The van der Waals surface area contributed by atoms with E-state index in [4.69, 9.17) is 9.97 Å². The summed E-state index contributed by atoms with van der Waals surface area (Å²) in [5, 5.41) is 29.5. The molecule has 0 saturated heterocycles. The van der Waals surface area contributed by atoms with Gasteiger partial charge in [0, 0.05) is 0 Å². The molecule has 0 aliphatic carbocycles.